The Morgan fingerprint density at radius 3 is 2.71 bits per heavy atom. The van der Waals surface area contributed by atoms with Crippen molar-refractivity contribution in [3.8, 4) is 0 Å². The molecule has 0 aliphatic carbocycles. The Labute approximate surface area is 104 Å². The van der Waals surface area contributed by atoms with Crippen LogP contribution in [0.1, 0.15) is 45.4 Å². The van der Waals surface area contributed by atoms with Crippen molar-refractivity contribution < 1.29 is 4.79 Å². The second-order valence-electron chi connectivity index (χ2n) is 5.67. The standard InChI is InChI=1S/C14H24N2O/c1-3-4-10(2)15-14(17)9-11-7-12-5-6-13(8-11)16-12/h3,10-13,16H,1,4-9H2,2H3,(H,15,17)/t10-,11?,12-,13+/m1/s1. The Balaban J connectivity index is 1.73. The first-order valence-electron chi connectivity index (χ1n) is 6.83. The van der Waals surface area contributed by atoms with Gasteiger partial charge in [-0.2, -0.15) is 0 Å². The van der Waals surface area contributed by atoms with Crippen LogP contribution in [0.5, 0.6) is 0 Å². The molecule has 2 aliphatic heterocycles. The molecule has 2 saturated heterocycles. The van der Waals surface area contributed by atoms with Crippen LogP contribution < -0.4 is 10.6 Å². The van der Waals surface area contributed by atoms with Crippen LogP contribution in [-0.4, -0.2) is 24.0 Å². The summed E-state index contributed by atoms with van der Waals surface area (Å²) >= 11 is 0. The largest absolute Gasteiger partial charge is 0.353 e. The van der Waals surface area contributed by atoms with E-state index in [0.717, 1.165) is 6.42 Å². The molecule has 1 amide bonds. The van der Waals surface area contributed by atoms with Gasteiger partial charge in [0.25, 0.3) is 0 Å². The van der Waals surface area contributed by atoms with Crippen molar-refractivity contribution >= 4 is 5.91 Å². The minimum Gasteiger partial charge on any atom is -0.353 e. The first-order chi connectivity index (χ1) is 8.17. The highest BCUT2D eigenvalue weighted by Crippen LogP contribution is 2.32. The topological polar surface area (TPSA) is 41.1 Å². The van der Waals surface area contributed by atoms with Crippen molar-refractivity contribution in [2.45, 2.75) is 63.6 Å². The van der Waals surface area contributed by atoms with E-state index in [9.17, 15) is 4.79 Å². The lowest BCUT2D eigenvalue weighted by atomic mass is 9.89. The molecule has 0 spiro atoms. The van der Waals surface area contributed by atoms with Gasteiger partial charge >= 0.3 is 0 Å². The molecule has 17 heavy (non-hydrogen) atoms. The summed E-state index contributed by atoms with van der Waals surface area (Å²) in [5.41, 5.74) is 0. The SMILES string of the molecule is C=CC[C@@H](C)NC(=O)CC1C[C@H]2CC[C@@H](C1)N2. The molecule has 0 aromatic heterocycles. The fraction of sp³-hybridized carbons (Fsp3) is 0.786. The van der Waals surface area contributed by atoms with Crippen LogP contribution >= 0.6 is 0 Å². The number of carbonyl (C=O) groups is 1. The molecule has 0 radical (unpaired) electrons. The highest BCUT2D eigenvalue weighted by Gasteiger charge is 2.34. The summed E-state index contributed by atoms with van der Waals surface area (Å²) < 4.78 is 0. The lowest BCUT2D eigenvalue weighted by Crippen LogP contribution is -2.40. The van der Waals surface area contributed by atoms with E-state index in [1.54, 1.807) is 0 Å². The molecule has 2 aliphatic rings. The van der Waals surface area contributed by atoms with Gasteiger partial charge in [-0.15, -0.1) is 6.58 Å². The zero-order valence-electron chi connectivity index (χ0n) is 10.7. The van der Waals surface area contributed by atoms with Gasteiger partial charge in [-0.05, 0) is 44.9 Å². The van der Waals surface area contributed by atoms with Gasteiger partial charge in [0.15, 0.2) is 0 Å². The van der Waals surface area contributed by atoms with Gasteiger partial charge < -0.3 is 10.6 Å². The molecule has 2 bridgehead atoms. The average Bonchev–Trinajstić information content (AvgIpc) is 2.58. The summed E-state index contributed by atoms with van der Waals surface area (Å²) in [5, 5.41) is 6.66. The molecule has 96 valence electrons. The maximum Gasteiger partial charge on any atom is 0.220 e. The summed E-state index contributed by atoms with van der Waals surface area (Å²) in [6.45, 7) is 5.73. The van der Waals surface area contributed by atoms with Crippen LogP contribution in [0.25, 0.3) is 0 Å². The lowest BCUT2D eigenvalue weighted by Gasteiger charge is -2.29. The predicted molar refractivity (Wildman–Crippen MR) is 69.7 cm³/mol. The van der Waals surface area contributed by atoms with E-state index in [4.69, 9.17) is 0 Å². The van der Waals surface area contributed by atoms with Crippen LogP contribution in [0.15, 0.2) is 12.7 Å². The molecule has 0 saturated carbocycles. The average molecular weight is 236 g/mol. The van der Waals surface area contributed by atoms with Crippen LogP contribution in [0.2, 0.25) is 0 Å². The van der Waals surface area contributed by atoms with Crippen LogP contribution in [-0.2, 0) is 4.79 Å². The van der Waals surface area contributed by atoms with E-state index in [1.165, 1.54) is 25.7 Å². The van der Waals surface area contributed by atoms with Crippen molar-refractivity contribution in [2.24, 2.45) is 5.92 Å². The molecule has 0 aromatic carbocycles. The fourth-order valence-electron chi connectivity index (χ4n) is 3.25. The highest BCUT2D eigenvalue weighted by atomic mass is 16.1. The molecule has 2 rings (SSSR count). The third-order valence-corrected chi connectivity index (χ3v) is 3.97. The molecule has 2 N–H and O–H groups in total. The quantitative estimate of drug-likeness (QED) is 0.717. The maximum absolute atomic E-state index is 11.9. The summed E-state index contributed by atoms with van der Waals surface area (Å²) in [4.78, 5) is 11.9. The number of rotatable bonds is 5. The van der Waals surface area contributed by atoms with Gasteiger partial charge in [-0.3, -0.25) is 4.79 Å². The molecular weight excluding hydrogens is 212 g/mol. The Hall–Kier alpha value is -0.830. The van der Waals surface area contributed by atoms with Crippen molar-refractivity contribution in [2.75, 3.05) is 0 Å². The third-order valence-electron chi connectivity index (χ3n) is 3.97. The summed E-state index contributed by atoms with van der Waals surface area (Å²) in [6.07, 6.45) is 8.37. The Morgan fingerprint density at radius 1 is 1.47 bits per heavy atom. The summed E-state index contributed by atoms with van der Waals surface area (Å²) in [6, 6.07) is 1.58. The third kappa shape index (κ3) is 3.56. The second-order valence-corrected chi connectivity index (χ2v) is 5.67. The lowest BCUT2D eigenvalue weighted by molar-refractivity contribution is -0.122. The number of piperidine rings is 1. The maximum atomic E-state index is 11.9. The van der Waals surface area contributed by atoms with E-state index in [2.05, 4.69) is 17.2 Å². The van der Waals surface area contributed by atoms with Crippen LogP contribution in [0, 0.1) is 5.92 Å². The van der Waals surface area contributed by atoms with Gasteiger partial charge in [0.2, 0.25) is 5.91 Å². The first kappa shape index (κ1) is 12.6. The number of carbonyl (C=O) groups excluding carboxylic acids is 1. The van der Waals surface area contributed by atoms with E-state index < -0.39 is 0 Å². The van der Waals surface area contributed by atoms with Gasteiger partial charge in [0.05, 0.1) is 0 Å². The Morgan fingerprint density at radius 2 is 2.12 bits per heavy atom. The van der Waals surface area contributed by atoms with E-state index in [-0.39, 0.29) is 11.9 Å². The predicted octanol–water partition coefficient (Wildman–Crippen LogP) is 1.99. The van der Waals surface area contributed by atoms with Crippen LogP contribution in [0.4, 0.5) is 0 Å². The van der Waals surface area contributed by atoms with Crippen molar-refractivity contribution in [1.82, 2.24) is 10.6 Å². The number of hydrogen-bond acceptors (Lipinski definition) is 2. The second kappa shape index (κ2) is 5.67. The number of nitrogens with one attached hydrogen (secondary N) is 2. The van der Waals surface area contributed by atoms with Gasteiger partial charge in [0, 0.05) is 24.5 Å². The zero-order valence-corrected chi connectivity index (χ0v) is 10.7. The molecule has 0 aromatic rings. The minimum atomic E-state index is 0.214. The van der Waals surface area contributed by atoms with E-state index >= 15 is 0 Å². The summed E-state index contributed by atoms with van der Waals surface area (Å²) in [7, 11) is 0. The number of fused-ring (bicyclic) bond motifs is 2. The van der Waals surface area contributed by atoms with Gasteiger partial charge in [-0.25, -0.2) is 0 Å². The van der Waals surface area contributed by atoms with Crippen molar-refractivity contribution in [1.29, 1.82) is 0 Å². The normalized spacial score (nSPS) is 33.1. The number of amides is 1. The van der Waals surface area contributed by atoms with Crippen LogP contribution in [0.3, 0.4) is 0 Å². The van der Waals surface area contributed by atoms with Crippen molar-refractivity contribution in [3.63, 3.8) is 0 Å². The Bertz CT molecular complexity index is 278. The summed E-state index contributed by atoms with van der Waals surface area (Å²) in [5.74, 6) is 0.801. The van der Waals surface area contributed by atoms with Crippen molar-refractivity contribution in [3.05, 3.63) is 12.7 Å². The van der Waals surface area contributed by atoms with E-state index in [1.807, 2.05) is 13.0 Å². The van der Waals surface area contributed by atoms with Gasteiger partial charge in [0.1, 0.15) is 0 Å². The molecule has 1 unspecified atom stereocenters. The molecule has 4 atom stereocenters. The highest BCUT2D eigenvalue weighted by molar-refractivity contribution is 5.76. The molecule has 3 heteroatoms. The molecule has 2 fully saturated rings. The fourth-order valence-corrected chi connectivity index (χ4v) is 3.25. The molecule has 3 nitrogen and oxygen atoms in total. The molecule has 2 heterocycles. The monoisotopic (exact) mass is 236 g/mol. The molecular formula is C14H24N2O. The zero-order chi connectivity index (χ0) is 12.3. The first-order valence-corrected chi connectivity index (χ1v) is 6.83. The Kier molecular flexibility index (Phi) is 4.21. The minimum absolute atomic E-state index is 0.214. The number of hydrogen-bond donors (Lipinski definition) is 2. The van der Waals surface area contributed by atoms with E-state index in [0.29, 0.717) is 24.4 Å². The van der Waals surface area contributed by atoms with Gasteiger partial charge in [-0.1, -0.05) is 6.08 Å². The smallest absolute Gasteiger partial charge is 0.220 e.